The highest BCUT2D eigenvalue weighted by molar-refractivity contribution is 7.90. The molecule has 1 N–H and O–H groups in total. The number of carbonyl (C=O) groups is 1. The van der Waals surface area contributed by atoms with Crippen molar-refractivity contribution in [2.24, 2.45) is 4.99 Å². The Balaban J connectivity index is 1.51. The fourth-order valence-corrected chi connectivity index (χ4v) is 5.93. The van der Waals surface area contributed by atoms with Crippen LogP contribution < -0.4 is 15.9 Å². The summed E-state index contributed by atoms with van der Waals surface area (Å²) in [5.41, 5.74) is -1.99. The van der Waals surface area contributed by atoms with E-state index in [9.17, 15) is 30.8 Å². The molecule has 0 unspecified atom stereocenters. The molecule has 1 saturated heterocycles. The van der Waals surface area contributed by atoms with Crippen LogP contribution in [0.1, 0.15) is 29.5 Å². The van der Waals surface area contributed by atoms with Crippen LogP contribution in [0.15, 0.2) is 77.8 Å². The standard InChI is InChI=1S/C28H22ClF4N3O3S/c29-20-6-1-17(2-7-20)27(18-3-8-21(30)9-4-18)19-5-10-24-23(15-19)25(16-26(37)35-24)34-22-11-13-36(14-12-22)40(38,39)28(31,32)33/h1-10,15-16,22,34H,11-14H2/b27-19-. The van der Waals surface area contributed by atoms with E-state index >= 15 is 0 Å². The fourth-order valence-electron chi connectivity index (χ4n) is 4.82. The topological polar surface area (TPSA) is 78.8 Å². The first-order chi connectivity index (χ1) is 18.9. The van der Waals surface area contributed by atoms with Crippen molar-refractivity contribution in [3.8, 4) is 0 Å². The van der Waals surface area contributed by atoms with E-state index in [-0.39, 0.29) is 37.8 Å². The Morgan fingerprint density at radius 2 is 1.55 bits per heavy atom. The predicted octanol–water partition coefficient (Wildman–Crippen LogP) is 4.13. The lowest BCUT2D eigenvalue weighted by atomic mass is 9.94. The molecule has 3 aromatic rings. The van der Waals surface area contributed by atoms with Gasteiger partial charge in [0.15, 0.2) is 0 Å². The van der Waals surface area contributed by atoms with Crippen molar-refractivity contribution in [1.82, 2.24) is 9.62 Å². The number of nitrogens with zero attached hydrogens (tertiary/aromatic N) is 2. The highest BCUT2D eigenvalue weighted by Crippen LogP contribution is 2.29. The van der Waals surface area contributed by atoms with Gasteiger partial charge in [0.2, 0.25) is 0 Å². The second kappa shape index (κ2) is 10.8. The van der Waals surface area contributed by atoms with Crippen molar-refractivity contribution in [2.45, 2.75) is 24.4 Å². The number of piperidine rings is 1. The average Bonchev–Trinajstić information content (AvgIpc) is 2.91. The van der Waals surface area contributed by atoms with Crippen LogP contribution >= 0.6 is 11.6 Å². The summed E-state index contributed by atoms with van der Waals surface area (Å²) < 4.78 is 76.5. The summed E-state index contributed by atoms with van der Waals surface area (Å²) in [5.74, 6) is -0.884. The van der Waals surface area contributed by atoms with Gasteiger partial charge in [0.25, 0.3) is 5.91 Å². The molecule has 0 aromatic heterocycles. The molecule has 1 amide bonds. The molecule has 1 fully saturated rings. The Hall–Kier alpha value is -3.54. The zero-order valence-corrected chi connectivity index (χ0v) is 22.3. The summed E-state index contributed by atoms with van der Waals surface area (Å²) in [5, 5.41) is 4.92. The zero-order chi connectivity index (χ0) is 28.7. The Labute approximate surface area is 232 Å². The monoisotopic (exact) mass is 591 g/mol. The van der Waals surface area contributed by atoms with E-state index in [2.05, 4.69) is 10.3 Å². The molecule has 0 radical (unpaired) electrons. The highest BCUT2D eigenvalue weighted by Gasteiger charge is 2.50. The number of alkyl halides is 3. The third-order valence-corrected chi connectivity index (χ3v) is 8.67. The Morgan fingerprint density at radius 1 is 0.950 bits per heavy atom. The first kappa shape index (κ1) is 28.0. The largest absolute Gasteiger partial charge is 0.511 e. The molecule has 5 rings (SSSR count). The number of halogens is 5. The molecule has 12 heteroatoms. The molecule has 208 valence electrons. The van der Waals surface area contributed by atoms with E-state index < -0.39 is 21.4 Å². The Bertz CT molecular complexity index is 1670. The summed E-state index contributed by atoms with van der Waals surface area (Å²) in [6, 6.07) is 18.1. The fraction of sp³-hybridized carbons (Fsp3) is 0.214. The first-order valence-electron chi connectivity index (χ1n) is 12.3. The van der Waals surface area contributed by atoms with Crippen LogP contribution in [-0.2, 0) is 14.8 Å². The smallest absolute Gasteiger partial charge is 0.382 e. The molecule has 0 bridgehead atoms. The summed E-state index contributed by atoms with van der Waals surface area (Å²) in [6.07, 6.45) is 1.54. The number of hydrogen-bond acceptors (Lipinski definition) is 4. The number of sulfonamides is 1. The van der Waals surface area contributed by atoms with E-state index in [0.29, 0.717) is 25.9 Å². The highest BCUT2D eigenvalue weighted by atomic mass is 35.5. The van der Waals surface area contributed by atoms with Gasteiger partial charge in [-0.25, -0.2) is 17.8 Å². The van der Waals surface area contributed by atoms with Crippen molar-refractivity contribution in [3.63, 3.8) is 0 Å². The van der Waals surface area contributed by atoms with E-state index in [1.165, 1.54) is 18.2 Å². The van der Waals surface area contributed by atoms with Gasteiger partial charge in [-0.3, -0.25) is 4.79 Å². The molecule has 0 atom stereocenters. The SMILES string of the molecule is O=C1C=C(NC2CCN(S(=O)(=O)C(F)(F)F)CC2)c2c/c(=C(\c3ccc(F)cc3)c3ccc(Cl)cc3)ccc2=N1. The zero-order valence-electron chi connectivity index (χ0n) is 20.8. The maximum absolute atomic E-state index is 13.7. The quantitative estimate of drug-likeness (QED) is 0.453. The molecule has 0 saturated carbocycles. The van der Waals surface area contributed by atoms with Crippen LogP contribution in [0.2, 0.25) is 5.02 Å². The van der Waals surface area contributed by atoms with Gasteiger partial charge < -0.3 is 5.32 Å². The van der Waals surface area contributed by atoms with Crippen LogP contribution in [0.3, 0.4) is 0 Å². The van der Waals surface area contributed by atoms with Crippen molar-refractivity contribution in [3.05, 3.63) is 111 Å². The summed E-state index contributed by atoms with van der Waals surface area (Å²) in [6.45, 7) is -0.617. The molecule has 0 spiro atoms. The van der Waals surface area contributed by atoms with Crippen LogP contribution in [0.25, 0.3) is 11.3 Å². The lowest BCUT2D eigenvalue weighted by Crippen LogP contribution is -2.48. The second-order valence-corrected chi connectivity index (χ2v) is 11.8. The third-order valence-electron chi connectivity index (χ3n) is 6.79. The van der Waals surface area contributed by atoms with E-state index in [0.717, 1.165) is 21.9 Å². The normalized spacial score (nSPS) is 17.5. The van der Waals surface area contributed by atoms with Crippen molar-refractivity contribution < 1.29 is 30.8 Å². The molecule has 3 aromatic carbocycles. The third kappa shape index (κ3) is 5.67. The van der Waals surface area contributed by atoms with Gasteiger partial charge in [0, 0.05) is 41.5 Å². The van der Waals surface area contributed by atoms with Gasteiger partial charge in [0.1, 0.15) is 5.82 Å². The molecule has 2 aliphatic rings. The number of carbonyl (C=O) groups excluding carboxylic acids is 1. The number of fused-ring (bicyclic) bond motifs is 1. The minimum Gasteiger partial charge on any atom is -0.382 e. The molecule has 0 aliphatic carbocycles. The van der Waals surface area contributed by atoms with Gasteiger partial charge in [-0.05, 0) is 71.2 Å². The molecule has 2 aliphatic heterocycles. The number of hydrogen-bond donors (Lipinski definition) is 1. The number of rotatable bonds is 5. The van der Waals surface area contributed by atoms with E-state index in [4.69, 9.17) is 11.6 Å². The van der Waals surface area contributed by atoms with Gasteiger partial charge in [-0.1, -0.05) is 41.9 Å². The van der Waals surface area contributed by atoms with Gasteiger partial charge in [-0.15, -0.1) is 0 Å². The molecule has 2 heterocycles. The van der Waals surface area contributed by atoms with Crippen LogP contribution in [0.4, 0.5) is 17.6 Å². The molecular weight excluding hydrogens is 570 g/mol. The number of benzene rings is 3. The number of amides is 1. The lowest BCUT2D eigenvalue weighted by molar-refractivity contribution is -0.113. The second-order valence-electron chi connectivity index (χ2n) is 9.40. The molecule has 40 heavy (non-hydrogen) atoms. The summed E-state index contributed by atoms with van der Waals surface area (Å²) >= 11 is 6.09. The van der Waals surface area contributed by atoms with Gasteiger partial charge in [-0.2, -0.15) is 17.5 Å². The Morgan fingerprint density at radius 3 is 2.15 bits per heavy atom. The first-order valence-corrected chi connectivity index (χ1v) is 14.1. The predicted molar refractivity (Wildman–Crippen MR) is 142 cm³/mol. The number of nitrogens with one attached hydrogen (secondary N) is 1. The lowest BCUT2D eigenvalue weighted by Gasteiger charge is -2.33. The minimum atomic E-state index is -5.40. The Kier molecular flexibility index (Phi) is 7.56. The van der Waals surface area contributed by atoms with Crippen molar-refractivity contribution in [1.29, 1.82) is 0 Å². The maximum Gasteiger partial charge on any atom is 0.511 e. The van der Waals surface area contributed by atoms with E-state index in [1.807, 2.05) is 18.2 Å². The van der Waals surface area contributed by atoms with Crippen molar-refractivity contribution >= 4 is 38.8 Å². The van der Waals surface area contributed by atoms with Gasteiger partial charge >= 0.3 is 15.5 Å². The summed E-state index contributed by atoms with van der Waals surface area (Å²) in [7, 11) is -5.40. The molecule has 6 nitrogen and oxygen atoms in total. The average molecular weight is 592 g/mol. The van der Waals surface area contributed by atoms with Gasteiger partial charge in [0.05, 0.1) is 5.36 Å². The van der Waals surface area contributed by atoms with Crippen LogP contribution in [0.5, 0.6) is 0 Å². The van der Waals surface area contributed by atoms with E-state index in [1.54, 1.807) is 36.4 Å². The molecular formula is C28H22ClF4N3O3S. The van der Waals surface area contributed by atoms with Crippen LogP contribution in [-0.4, -0.2) is 43.3 Å². The van der Waals surface area contributed by atoms with Crippen LogP contribution in [0, 0.1) is 5.82 Å². The van der Waals surface area contributed by atoms with Crippen molar-refractivity contribution in [2.75, 3.05) is 13.1 Å². The minimum absolute atomic E-state index is 0.116. The summed E-state index contributed by atoms with van der Waals surface area (Å²) in [4.78, 5) is 16.4. The maximum atomic E-state index is 13.7.